The second kappa shape index (κ2) is 11.0. The molecule has 0 aromatic heterocycles. The van der Waals surface area contributed by atoms with Crippen molar-refractivity contribution in [1.29, 1.82) is 0 Å². The fourth-order valence-corrected chi connectivity index (χ4v) is 1.76. The van der Waals surface area contributed by atoms with Crippen LogP contribution in [0.3, 0.4) is 0 Å². The molecule has 1 unspecified atom stereocenters. The van der Waals surface area contributed by atoms with Gasteiger partial charge in [0.15, 0.2) is 0 Å². The third-order valence-electron chi connectivity index (χ3n) is 2.77. The molecule has 5 nitrogen and oxygen atoms in total. The molecule has 1 atom stereocenters. The number of carbonyl (C=O) groups excluding carboxylic acids is 2. The smallest absolute Gasteiger partial charge is 0.307 e. The zero-order valence-corrected chi connectivity index (χ0v) is 14.0. The lowest BCUT2D eigenvalue weighted by Crippen LogP contribution is -2.20. The molecule has 0 spiro atoms. The number of hydrogen-bond donors (Lipinski definition) is 1. The Labute approximate surface area is 142 Å². The maximum Gasteiger partial charge on any atom is 0.307 e. The molecule has 2 aromatic rings. The molecule has 2 aromatic carbocycles. The molecular weight excluding hydrogens is 306 g/mol. The summed E-state index contributed by atoms with van der Waals surface area (Å²) in [5.41, 5.74) is 5.94. The molecule has 0 heterocycles. The average Bonchev–Trinajstić information content (AvgIpc) is 2.56. The van der Waals surface area contributed by atoms with Crippen molar-refractivity contribution in [1.82, 2.24) is 0 Å². The Morgan fingerprint density at radius 1 is 1.12 bits per heavy atom. The molecule has 0 fully saturated rings. The molecule has 0 aliphatic rings. The van der Waals surface area contributed by atoms with Crippen LogP contribution in [0.25, 0.3) is 0 Å². The van der Waals surface area contributed by atoms with Crippen LogP contribution in [0.1, 0.15) is 30.6 Å². The van der Waals surface area contributed by atoms with Gasteiger partial charge in [-0.3, -0.25) is 9.59 Å². The van der Waals surface area contributed by atoms with Crippen molar-refractivity contribution in [2.24, 2.45) is 5.73 Å². The van der Waals surface area contributed by atoms with E-state index >= 15 is 0 Å². The largest absolute Gasteiger partial charge is 0.466 e. The molecule has 0 amide bonds. The third-order valence-corrected chi connectivity index (χ3v) is 2.77. The molecule has 2 N–H and O–H groups in total. The first kappa shape index (κ1) is 19.4. The zero-order chi connectivity index (χ0) is 17.8. The van der Waals surface area contributed by atoms with E-state index in [0.717, 1.165) is 12.0 Å². The van der Waals surface area contributed by atoms with Gasteiger partial charge in [-0.05, 0) is 38.1 Å². The van der Waals surface area contributed by atoms with Crippen molar-refractivity contribution in [3.63, 3.8) is 0 Å². The summed E-state index contributed by atoms with van der Waals surface area (Å²) in [5.74, 6) is 1.22. The fourth-order valence-electron chi connectivity index (χ4n) is 1.76. The quantitative estimate of drug-likeness (QED) is 0.647. The third kappa shape index (κ3) is 8.10. The average molecular weight is 329 g/mol. The number of carbonyl (C=O) groups is 2. The van der Waals surface area contributed by atoms with E-state index in [1.54, 1.807) is 32.0 Å². The van der Waals surface area contributed by atoms with E-state index in [4.69, 9.17) is 10.5 Å². The van der Waals surface area contributed by atoms with Gasteiger partial charge in [0.05, 0.1) is 13.0 Å². The van der Waals surface area contributed by atoms with Crippen molar-refractivity contribution in [2.75, 3.05) is 6.61 Å². The lowest BCUT2D eigenvalue weighted by atomic mass is 10.2. The standard InChI is InChI=1S/C13H10O2.C6H13NO2/c14-10-11-5-4-8-13(9-11)15-12-6-2-1-3-7-12;1-3-9-6(8)4-5(2)7/h1-10H;5H,3-4,7H2,1-2H3. The van der Waals surface area contributed by atoms with Gasteiger partial charge in [-0.2, -0.15) is 0 Å². The van der Waals surface area contributed by atoms with E-state index in [-0.39, 0.29) is 12.0 Å². The van der Waals surface area contributed by atoms with Crippen LogP contribution in [0.4, 0.5) is 0 Å². The Morgan fingerprint density at radius 2 is 1.79 bits per heavy atom. The summed E-state index contributed by atoms with van der Waals surface area (Å²) in [4.78, 5) is 21.1. The summed E-state index contributed by atoms with van der Waals surface area (Å²) < 4.78 is 10.2. The number of rotatable bonds is 6. The highest BCUT2D eigenvalue weighted by molar-refractivity contribution is 5.75. The Balaban J connectivity index is 0.000000277. The summed E-state index contributed by atoms with van der Waals surface area (Å²) in [5, 5.41) is 0. The molecule has 0 saturated heterocycles. The number of aldehydes is 1. The minimum Gasteiger partial charge on any atom is -0.466 e. The van der Waals surface area contributed by atoms with Crippen molar-refractivity contribution < 1.29 is 19.1 Å². The number of para-hydroxylation sites is 1. The summed E-state index contributed by atoms with van der Waals surface area (Å²) in [7, 11) is 0. The van der Waals surface area contributed by atoms with Gasteiger partial charge in [0.25, 0.3) is 0 Å². The minimum atomic E-state index is -0.215. The van der Waals surface area contributed by atoms with Crippen LogP contribution in [0.5, 0.6) is 11.5 Å². The van der Waals surface area contributed by atoms with E-state index in [9.17, 15) is 9.59 Å². The van der Waals surface area contributed by atoms with E-state index < -0.39 is 0 Å². The first-order valence-electron chi connectivity index (χ1n) is 7.74. The van der Waals surface area contributed by atoms with Crippen LogP contribution < -0.4 is 10.5 Å². The summed E-state index contributed by atoms with van der Waals surface area (Å²) in [6.07, 6.45) is 1.12. The van der Waals surface area contributed by atoms with Gasteiger partial charge in [-0.1, -0.05) is 30.3 Å². The highest BCUT2D eigenvalue weighted by Gasteiger charge is 2.03. The van der Waals surface area contributed by atoms with Crippen molar-refractivity contribution >= 4 is 12.3 Å². The number of benzene rings is 2. The molecule has 0 bridgehead atoms. The summed E-state index contributed by atoms with van der Waals surface area (Å²) >= 11 is 0. The molecule has 0 aliphatic carbocycles. The molecule has 24 heavy (non-hydrogen) atoms. The predicted molar refractivity (Wildman–Crippen MR) is 93.2 cm³/mol. The lowest BCUT2D eigenvalue weighted by Gasteiger charge is -2.04. The van der Waals surface area contributed by atoms with Gasteiger partial charge < -0.3 is 15.2 Å². The van der Waals surface area contributed by atoms with Gasteiger partial charge >= 0.3 is 5.97 Å². The Bertz CT molecular complexity index is 626. The fraction of sp³-hybridized carbons (Fsp3) is 0.263. The van der Waals surface area contributed by atoms with Crippen molar-refractivity contribution in [2.45, 2.75) is 26.3 Å². The van der Waals surface area contributed by atoms with E-state index in [1.165, 1.54) is 0 Å². The van der Waals surface area contributed by atoms with E-state index in [1.807, 2.05) is 36.4 Å². The molecule has 0 radical (unpaired) electrons. The highest BCUT2D eigenvalue weighted by atomic mass is 16.5. The molecule has 5 heteroatoms. The first-order chi connectivity index (χ1) is 11.5. The molecule has 0 saturated carbocycles. The van der Waals surface area contributed by atoms with Gasteiger partial charge in [0, 0.05) is 11.6 Å². The maximum absolute atomic E-state index is 10.6. The molecular formula is C19H23NO4. The lowest BCUT2D eigenvalue weighted by molar-refractivity contribution is -0.143. The predicted octanol–water partition coefficient (Wildman–Crippen LogP) is 3.58. The summed E-state index contributed by atoms with van der Waals surface area (Å²) in [6.45, 7) is 3.99. The van der Waals surface area contributed by atoms with E-state index in [2.05, 4.69) is 4.74 Å². The van der Waals surface area contributed by atoms with Crippen LogP contribution in [-0.2, 0) is 9.53 Å². The Hall–Kier alpha value is -2.66. The Kier molecular flexibility index (Phi) is 8.86. The number of esters is 1. The number of nitrogens with two attached hydrogens (primary N) is 1. The summed E-state index contributed by atoms with van der Waals surface area (Å²) in [6, 6.07) is 16.4. The molecule has 128 valence electrons. The van der Waals surface area contributed by atoms with Gasteiger partial charge in [-0.15, -0.1) is 0 Å². The minimum absolute atomic E-state index is 0.0935. The topological polar surface area (TPSA) is 78.6 Å². The molecule has 0 aliphatic heterocycles. The maximum atomic E-state index is 10.6. The highest BCUT2D eigenvalue weighted by Crippen LogP contribution is 2.20. The van der Waals surface area contributed by atoms with Gasteiger partial charge in [-0.25, -0.2) is 0 Å². The van der Waals surface area contributed by atoms with Crippen LogP contribution in [0, 0.1) is 0 Å². The zero-order valence-electron chi connectivity index (χ0n) is 14.0. The molecule has 2 rings (SSSR count). The Morgan fingerprint density at radius 3 is 2.38 bits per heavy atom. The second-order valence-corrected chi connectivity index (χ2v) is 5.09. The number of ether oxygens (including phenoxy) is 2. The monoisotopic (exact) mass is 329 g/mol. The second-order valence-electron chi connectivity index (χ2n) is 5.09. The van der Waals surface area contributed by atoms with E-state index in [0.29, 0.717) is 24.3 Å². The van der Waals surface area contributed by atoms with Crippen LogP contribution in [-0.4, -0.2) is 24.9 Å². The van der Waals surface area contributed by atoms with Gasteiger partial charge in [0.2, 0.25) is 0 Å². The van der Waals surface area contributed by atoms with Crippen molar-refractivity contribution in [3.05, 3.63) is 60.2 Å². The van der Waals surface area contributed by atoms with Crippen molar-refractivity contribution in [3.8, 4) is 11.5 Å². The number of hydrogen-bond acceptors (Lipinski definition) is 5. The van der Waals surface area contributed by atoms with Crippen LogP contribution >= 0.6 is 0 Å². The van der Waals surface area contributed by atoms with Crippen LogP contribution in [0.15, 0.2) is 54.6 Å². The SMILES string of the molecule is CCOC(=O)CC(C)N.O=Cc1cccc(Oc2ccccc2)c1. The van der Waals surface area contributed by atoms with Gasteiger partial charge in [0.1, 0.15) is 17.8 Å². The first-order valence-corrected chi connectivity index (χ1v) is 7.74. The normalized spacial score (nSPS) is 10.8. The van der Waals surface area contributed by atoms with Crippen LogP contribution in [0.2, 0.25) is 0 Å².